The van der Waals surface area contributed by atoms with Gasteiger partial charge in [0.1, 0.15) is 17.0 Å². The average Bonchev–Trinajstić information content (AvgIpc) is 3.80. The van der Waals surface area contributed by atoms with Crippen LogP contribution in [0.1, 0.15) is 73.1 Å². The van der Waals surface area contributed by atoms with Crippen molar-refractivity contribution in [3.8, 4) is 11.8 Å². The Balaban J connectivity index is 1.16. The van der Waals surface area contributed by atoms with Gasteiger partial charge in [0.15, 0.2) is 0 Å². The second kappa shape index (κ2) is 10.8. The number of aromatic nitrogens is 1. The first-order valence-electron chi connectivity index (χ1n) is 14.8. The molecule has 2 unspecified atom stereocenters. The van der Waals surface area contributed by atoms with Gasteiger partial charge in [0, 0.05) is 49.7 Å². The molecule has 5 rings (SSSR count). The van der Waals surface area contributed by atoms with Gasteiger partial charge < -0.3 is 26.0 Å². The Hall–Kier alpha value is -3.81. The van der Waals surface area contributed by atoms with E-state index in [0.29, 0.717) is 18.5 Å². The van der Waals surface area contributed by atoms with E-state index in [1.807, 2.05) is 27.7 Å². The molecule has 2 atom stereocenters. The molecule has 0 radical (unpaired) electrons. The van der Waals surface area contributed by atoms with E-state index >= 15 is 0 Å². The number of aliphatic imine (C=N–C) groups is 1. The van der Waals surface area contributed by atoms with Crippen molar-refractivity contribution in [1.82, 2.24) is 25.8 Å². The van der Waals surface area contributed by atoms with Crippen molar-refractivity contribution in [2.24, 2.45) is 16.3 Å². The van der Waals surface area contributed by atoms with Crippen molar-refractivity contribution < 1.29 is 18.7 Å². The third-order valence-electron chi connectivity index (χ3n) is 8.42. The molecule has 10 nitrogen and oxygen atoms in total. The molecule has 3 fully saturated rings. The van der Waals surface area contributed by atoms with Crippen LogP contribution < -0.4 is 21.3 Å². The number of likely N-dealkylation sites (N-methyl/N-ethyl adjacent to an activating group) is 1. The zero-order valence-corrected chi connectivity index (χ0v) is 25.4. The van der Waals surface area contributed by atoms with E-state index in [-0.39, 0.29) is 23.3 Å². The number of pyridine rings is 1. The van der Waals surface area contributed by atoms with Crippen LogP contribution in [0.15, 0.2) is 34.7 Å². The molecule has 2 amide bonds. The number of rotatable bonds is 8. The van der Waals surface area contributed by atoms with E-state index in [1.54, 1.807) is 19.3 Å². The summed E-state index contributed by atoms with van der Waals surface area (Å²) in [5.74, 6) is 6.20. The van der Waals surface area contributed by atoms with Crippen molar-refractivity contribution >= 4 is 23.9 Å². The summed E-state index contributed by atoms with van der Waals surface area (Å²) in [4.78, 5) is 35.5. The van der Waals surface area contributed by atoms with Gasteiger partial charge >= 0.3 is 6.09 Å². The van der Waals surface area contributed by atoms with E-state index in [9.17, 15) is 14.0 Å². The molecule has 1 aromatic rings. The molecule has 42 heavy (non-hydrogen) atoms. The maximum absolute atomic E-state index is 13.6. The summed E-state index contributed by atoms with van der Waals surface area (Å²) in [7, 11) is 1.65. The standard InChI is InChI=1S/C31H42FN7O3/c1-7-13-34-25-21(19-35-29(5,38-25)37-22-10-14-33-24(32)15-22)9-8-20-16-30(17-20)18-23(30)36-26(40)31(11-12-31)39(6)27(41)42-28(2,3)4/h10,14-15,19-20,23,34,38H,7,11-13,16-18H2,1-6H3,(H,33,37)(H,36,40). The lowest BCUT2D eigenvalue weighted by atomic mass is 9.71. The third kappa shape index (κ3) is 6.32. The van der Waals surface area contributed by atoms with Crippen molar-refractivity contribution in [3.05, 3.63) is 35.7 Å². The molecule has 11 heteroatoms. The average molecular weight is 580 g/mol. The lowest BCUT2D eigenvalue weighted by Gasteiger charge is -2.35. The van der Waals surface area contributed by atoms with Gasteiger partial charge in [0.2, 0.25) is 17.6 Å². The number of hydrogen-bond donors (Lipinski definition) is 4. The van der Waals surface area contributed by atoms with Gasteiger partial charge in [-0.05, 0) is 77.7 Å². The fourth-order valence-corrected chi connectivity index (χ4v) is 5.75. The minimum absolute atomic E-state index is 0.0836. The van der Waals surface area contributed by atoms with E-state index in [1.165, 1.54) is 17.2 Å². The molecule has 3 saturated carbocycles. The lowest BCUT2D eigenvalue weighted by Crippen LogP contribution is -2.52. The predicted molar refractivity (Wildman–Crippen MR) is 159 cm³/mol. The van der Waals surface area contributed by atoms with Gasteiger partial charge in [-0.25, -0.2) is 14.8 Å². The summed E-state index contributed by atoms with van der Waals surface area (Å²) in [6, 6.07) is 3.13. The van der Waals surface area contributed by atoms with E-state index < -0.39 is 29.0 Å². The number of nitrogens with one attached hydrogen (secondary N) is 4. The highest BCUT2D eigenvalue weighted by atomic mass is 19.1. The van der Waals surface area contributed by atoms with Crippen LogP contribution in [0.2, 0.25) is 0 Å². The highest BCUT2D eigenvalue weighted by molar-refractivity contribution is 5.93. The van der Waals surface area contributed by atoms with Crippen molar-refractivity contribution in [1.29, 1.82) is 0 Å². The monoisotopic (exact) mass is 579 g/mol. The number of amides is 2. The summed E-state index contributed by atoms with van der Waals surface area (Å²) in [5.41, 5.74) is 0.0281. The van der Waals surface area contributed by atoms with E-state index in [2.05, 4.69) is 50.0 Å². The number of nitrogens with zero attached hydrogens (tertiary/aromatic N) is 3. The maximum atomic E-state index is 13.6. The molecule has 0 bridgehead atoms. The molecule has 1 spiro atoms. The fourth-order valence-electron chi connectivity index (χ4n) is 5.75. The summed E-state index contributed by atoms with van der Waals surface area (Å²) >= 11 is 0. The zero-order chi connectivity index (χ0) is 30.3. The summed E-state index contributed by atoms with van der Waals surface area (Å²) in [6.07, 6.45) is 7.73. The Morgan fingerprint density at radius 1 is 1.26 bits per heavy atom. The van der Waals surface area contributed by atoms with Crippen LogP contribution in [0.4, 0.5) is 14.9 Å². The van der Waals surface area contributed by atoms with Gasteiger partial charge in [0.05, 0.1) is 5.57 Å². The lowest BCUT2D eigenvalue weighted by molar-refractivity contribution is -0.128. The Kier molecular flexibility index (Phi) is 7.62. The molecule has 1 aliphatic heterocycles. The minimum Gasteiger partial charge on any atom is -0.444 e. The summed E-state index contributed by atoms with van der Waals surface area (Å²) in [5, 5.41) is 13.2. The molecular formula is C31H42FN7O3. The summed E-state index contributed by atoms with van der Waals surface area (Å²) < 4.78 is 19.1. The topological polar surface area (TPSA) is 120 Å². The second-order valence-electron chi connectivity index (χ2n) is 13.2. The molecule has 0 saturated heterocycles. The van der Waals surface area contributed by atoms with Crippen LogP contribution in [0, 0.1) is 29.1 Å². The number of ether oxygens (including phenoxy) is 1. The second-order valence-corrected chi connectivity index (χ2v) is 13.2. The number of hydrogen-bond acceptors (Lipinski definition) is 8. The molecule has 2 heterocycles. The number of anilines is 1. The van der Waals surface area contributed by atoms with Crippen LogP contribution in [-0.4, -0.2) is 64.7 Å². The van der Waals surface area contributed by atoms with Gasteiger partial charge in [-0.3, -0.25) is 9.69 Å². The molecule has 3 aliphatic carbocycles. The highest BCUT2D eigenvalue weighted by Crippen LogP contribution is 2.63. The molecule has 0 aromatic carbocycles. The fraction of sp³-hybridized carbons (Fsp3) is 0.613. The van der Waals surface area contributed by atoms with Crippen molar-refractivity contribution in [2.75, 3.05) is 18.9 Å². The van der Waals surface area contributed by atoms with Crippen LogP contribution >= 0.6 is 0 Å². The molecular weight excluding hydrogens is 537 g/mol. The number of halogens is 1. The van der Waals surface area contributed by atoms with Crippen molar-refractivity contribution in [3.63, 3.8) is 0 Å². The Morgan fingerprint density at radius 2 is 2.00 bits per heavy atom. The van der Waals surface area contributed by atoms with Gasteiger partial charge in [0.25, 0.3) is 0 Å². The zero-order valence-electron chi connectivity index (χ0n) is 25.4. The Morgan fingerprint density at radius 3 is 2.64 bits per heavy atom. The Labute approximate surface area is 247 Å². The Bertz CT molecular complexity index is 1360. The first-order valence-corrected chi connectivity index (χ1v) is 14.8. The predicted octanol–water partition coefficient (Wildman–Crippen LogP) is 3.88. The van der Waals surface area contributed by atoms with Gasteiger partial charge in [-0.1, -0.05) is 18.8 Å². The van der Waals surface area contributed by atoms with E-state index in [4.69, 9.17) is 4.74 Å². The normalized spacial score (nSPS) is 28.5. The van der Waals surface area contributed by atoms with Crippen LogP contribution in [0.5, 0.6) is 0 Å². The molecule has 4 N–H and O–H groups in total. The van der Waals surface area contributed by atoms with Crippen LogP contribution in [0.3, 0.4) is 0 Å². The number of carbonyl (C=O) groups excluding carboxylic acids is 2. The van der Waals surface area contributed by atoms with Crippen LogP contribution in [0.25, 0.3) is 0 Å². The molecule has 1 aromatic heterocycles. The molecule has 226 valence electrons. The quantitative estimate of drug-likeness (QED) is 0.273. The van der Waals surface area contributed by atoms with Gasteiger partial charge in [-0.15, -0.1) is 0 Å². The first-order chi connectivity index (χ1) is 19.8. The first kappa shape index (κ1) is 29.7. The third-order valence-corrected chi connectivity index (χ3v) is 8.42. The van der Waals surface area contributed by atoms with E-state index in [0.717, 1.165) is 43.6 Å². The minimum atomic E-state index is -0.883. The van der Waals surface area contributed by atoms with Crippen molar-refractivity contribution in [2.45, 2.75) is 96.1 Å². The summed E-state index contributed by atoms with van der Waals surface area (Å²) in [6.45, 7) is 10.2. The smallest absolute Gasteiger partial charge is 0.410 e. The molecule has 4 aliphatic rings. The van der Waals surface area contributed by atoms with Crippen LogP contribution in [-0.2, 0) is 9.53 Å². The largest absolute Gasteiger partial charge is 0.444 e. The number of carbonyl (C=O) groups is 2. The number of allylic oxidation sites excluding steroid dienone is 1. The maximum Gasteiger partial charge on any atom is 0.410 e. The highest BCUT2D eigenvalue weighted by Gasteiger charge is 2.64. The SMILES string of the molecule is CCCNC1=C(C#CC2CC3(C2)CC3NC(=O)C2(N(C)C(=O)OC(C)(C)C)CC2)C=NC(C)(Nc2ccnc(F)c2)N1. The van der Waals surface area contributed by atoms with Gasteiger partial charge in [-0.2, -0.15) is 4.39 Å².